The molecule has 166 valence electrons. The fourth-order valence-electron chi connectivity index (χ4n) is 3.23. The predicted octanol–water partition coefficient (Wildman–Crippen LogP) is 4.70. The molecule has 2 N–H and O–H groups in total. The zero-order valence-corrected chi connectivity index (χ0v) is 16.5. The Morgan fingerprint density at radius 3 is 2.32 bits per heavy atom. The number of alkyl halides is 3. The molecule has 5 nitrogen and oxygen atoms in total. The highest BCUT2D eigenvalue weighted by Crippen LogP contribution is 2.29. The number of amides is 1. The van der Waals surface area contributed by atoms with Crippen LogP contribution < -0.4 is 10.9 Å². The highest BCUT2D eigenvalue weighted by molar-refractivity contribution is 6.03. The van der Waals surface area contributed by atoms with Gasteiger partial charge in [-0.15, -0.1) is 0 Å². The Kier molecular flexibility index (Phi) is 7.28. The Morgan fingerprint density at radius 2 is 1.74 bits per heavy atom. The van der Waals surface area contributed by atoms with Crippen molar-refractivity contribution in [3.05, 3.63) is 75.7 Å². The number of aliphatic hydroxyl groups is 1. The third kappa shape index (κ3) is 5.14. The molecule has 1 heterocycles. The summed E-state index contributed by atoms with van der Waals surface area (Å²) in [5, 5.41) is 13.1. The summed E-state index contributed by atoms with van der Waals surface area (Å²) in [6.45, 7) is 3.32. The first kappa shape index (κ1) is 24.1. The Labute approximate surface area is 178 Å². The van der Waals surface area contributed by atoms with Crippen molar-refractivity contribution >= 4 is 22.4 Å². The number of halogens is 3. The van der Waals surface area contributed by atoms with Crippen molar-refractivity contribution in [2.45, 2.75) is 39.9 Å². The lowest BCUT2D eigenvalue weighted by Crippen LogP contribution is -2.25. The van der Waals surface area contributed by atoms with Gasteiger partial charge in [0.1, 0.15) is 0 Å². The molecule has 2 aromatic carbocycles. The van der Waals surface area contributed by atoms with Crippen molar-refractivity contribution in [3.8, 4) is 0 Å². The van der Waals surface area contributed by atoms with Crippen molar-refractivity contribution in [3.63, 3.8) is 0 Å². The summed E-state index contributed by atoms with van der Waals surface area (Å²) in [6, 6.07) is 9.11. The number of carbonyl (C=O) groups is 1. The monoisotopic (exact) mass is 434 g/mol. The van der Waals surface area contributed by atoms with Crippen LogP contribution in [0.25, 0.3) is 10.8 Å². The molecule has 0 saturated heterocycles. The third-order valence-electron chi connectivity index (χ3n) is 4.97. The molecule has 0 fully saturated rings. The maximum absolute atomic E-state index is 12.7. The van der Waals surface area contributed by atoms with Crippen LogP contribution in [0.4, 0.5) is 18.9 Å². The number of nitrogens with zero attached hydrogens (tertiary/aromatic N) is 1. The standard InChI is InChI=1S/C22H21F3N2O3.CH4/c1-13-3-8-18-17(9-10-27(21(18)30)14(2)12-28)20(13)26-19(29)11-15-4-6-16(7-5-15)22(23,24)25;/h3-10,14,28H,11-12H2,1-2H3,(H,26,29);1H4/t14-;/m1./s1. The first-order chi connectivity index (χ1) is 14.1. The van der Waals surface area contributed by atoms with Crippen LogP contribution in [0.1, 0.15) is 37.1 Å². The van der Waals surface area contributed by atoms with Gasteiger partial charge in [-0.25, -0.2) is 0 Å². The molecule has 0 aliphatic rings. The first-order valence-electron chi connectivity index (χ1n) is 9.33. The number of hydrogen-bond donors (Lipinski definition) is 2. The minimum Gasteiger partial charge on any atom is -0.394 e. The second kappa shape index (κ2) is 9.34. The summed E-state index contributed by atoms with van der Waals surface area (Å²) < 4.78 is 39.4. The minimum atomic E-state index is -4.43. The van der Waals surface area contributed by atoms with E-state index in [0.717, 1.165) is 17.7 Å². The topological polar surface area (TPSA) is 71.3 Å². The van der Waals surface area contributed by atoms with Crippen LogP contribution in [0.2, 0.25) is 0 Å². The normalized spacial score (nSPS) is 12.3. The van der Waals surface area contributed by atoms with Gasteiger partial charge in [0.05, 0.1) is 30.3 Å². The molecule has 3 aromatic rings. The SMILES string of the molecule is C.Cc1ccc2c(=O)n([C@H](C)CO)ccc2c1NC(=O)Cc1ccc(C(F)(F)F)cc1. The summed E-state index contributed by atoms with van der Waals surface area (Å²) in [5.74, 6) is -0.404. The Morgan fingerprint density at radius 1 is 1.10 bits per heavy atom. The van der Waals surface area contributed by atoms with E-state index in [9.17, 15) is 27.9 Å². The number of aryl methyl sites for hydroxylation is 1. The summed E-state index contributed by atoms with van der Waals surface area (Å²) >= 11 is 0. The van der Waals surface area contributed by atoms with Crippen LogP contribution in [0.3, 0.4) is 0 Å². The highest BCUT2D eigenvalue weighted by atomic mass is 19.4. The van der Waals surface area contributed by atoms with Gasteiger partial charge in [-0.3, -0.25) is 9.59 Å². The molecule has 0 bridgehead atoms. The van der Waals surface area contributed by atoms with Crippen LogP contribution in [0.15, 0.2) is 53.5 Å². The van der Waals surface area contributed by atoms with Crippen LogP contribution in [-0.2, 0) is 17.4 Å². The van der Waals surface area contributed by atoms with E-state index in [1.165, 1.54) is 16.7 Å². The highest BCUT2D eigenvalue weighted by Gasteiger charge is 2.30. The van der Waals surface area contributed by atoms with Gasteiger partial charge in [0.2, 0.25) is 5.91 Å². The Hall–Kier alpha value is -3.13. The lowest BCUT2D eigenvalue weighted by molar-refractivity contribution is -0.137. The number of aliphatic hydroxyl groups excluding tert-OH is 1. The fourth-order valence-corrected chi connectivity index (χ4v) is 3.23. The summed E-state index contributed by atoms with van der Waals surface area (Å²) in [5.41, 5.74) is 0.607. The second-order valence-corrected chi connectivity index (χ2v) is 7.20. The van der Waals surface area contributed by atoms with Crippen LogP contribution in [-0.4, -0.2) is 22.2 Å². The maximum Gasteiger partial charge on any atom is 0.416 e. The van der Waals surface area contributed by atoms with E-state index in [0.29, 0.717) is 22.0 Å². The third-order valence-corrected chi connectivity index (χ3v) is 4.97. The number of fused-ring (bicyclic) bond motifs is 1. The molecule has 3 rings (SSSR count). The molecule has 1 aromatic heterocycles. The van der Waals surface area contributed by atoms with Gasteiger partial charge in [-0.1, -0.05) is 25.6 Å². The largest absolute Gasteiger partial charge is 0.416 e. The molecule has 0 radical (unpaired) electrons. The average molecular weight is 434 g/mol. The zero-order valence-electron chi connectivity index (χ0n) is 16.5. The molecular weight excluding hydrogens is 409 g/mol. The van der Waals surface area contributed by atoms with Crippen LogP contribution in [0.5, 0.6) is 0 Å². The van der Waals surface area contributed by atoms with E-state index < -0.39 is 17.6 Å². The van der Waals surface area contributed by atoms with Crippen molar-refractivity contribution in [1.82, 2.24) is 4.57 Å². The quantitative estimate of drug-likeness (QED) is 0.612. The number of aromatic nitrogens is 1. The molecule has 31 heavy (non-hydrogen) atoms. The van der Waals surface area contributed by atoms with Gasteiger partial charge in [-0.2, -0.15) is 13.2 Å². The van der Waals surface area contributed by atoms with Gasteiger partial charge >= 0.3 is 6.18 Å². The van der Waals surface area contributed by atoms with Crippen molar-refractivity contribution in [2.24, 2.45) is 0 Å². The molecule has 0 aliphatic heterocycles. The van der Waals surface area contributed by atoms with Gasteiger partial charge in [0.15, 0.2) is 0 Å². The molecule has 0 saturated carbocycles. The molecule has 0 spiro atoms. The molecule has 1 amide bonds. The maximum atomic E-state index is 12.7. The van der Waals surface area contributed by atoms with Gasteiger partial charge in [0, 0.05) is 17.0 Å². The number of rotatable bonds is 5. The second-order valence-electron chi connectivity index (χ2n) is 7.20. The Bertz CT molecular complexity index is 1140. The number of anilines is 1. The zero-order chi connectivity index (χ0) is 22.1. The lowest BCUT2D eigenvalue weighted by Gasteiger charge is -2.16. The molecule has 8 heteroatoms. The molecule has 0 aliphatic carbocycles. The fraction of sp³-hybridized carbons (Fsp3) is 0.304. The summed E-state index contributed by atoms with van der Waals surface area (Å²) in [7, 11) is 0. The molecule has 1 atom stereocenters. The van der Waals surface area contributed by atoms with E-state index in [-0.39, 0.29) is 32.1 Å². The van der Waals surface area contributed by atoms with E-state index in [1.807, 2.05) is 0 Å². The van der Waals surface area contributed by atoms with E-state index in [2.05, 4.69) is 5.32 Å². The van der Waals surface area contributed by atoms with Crippen LogP contribution >= 0.6 is 0 Å². The number of nitrogens with one attached hydrogen (secondary N) is 1. The van der Waals surface area contributed by atoms with E-state index in [4.69, 9.17) is 0 Å². The van der Waals surface area contributed by atoms with Crippen molar-refractivity contribution < 1.29 is 23.1 Å². The lowest BCUT2D eigenvalue weighted by atomic mass is 10.0. The van der Waals surface area contributed by atoms with Crippen molar-refractivity contribution in [2.75, 3.05) is 11.9 Å². The minimum absolute atomic E-state index is 0. The summed E-state index contributed by atoms with van der Waals surface area (Å²) in [4.78, 5) is 25.2. The van der Waals surface area contributed by atoms with Crippen molar-refractivity contribution in [1.29, 1.82) is 0 Å². The van der Waals surface area contributed by atoms with Crippen LogP contribution in [0, 0.1) is 6.92 Å². The average Bonchev–Trinajstić information content (AvgIpc) is 2.69. The molecular formula is C23H25F3N2O3. The van der Waals surface area contributed by atoms with Gasteiger partial charge in [-0.05, 0) is 49.2 Å². The smallest absolute Gasteiger partial charge is 0.394 e. The number of pyridine rings is 1. The van der Waals surface area contributed by atoms with E-state index >= 15 is 0 Å². The van der Waals surface area contributed by atoms with Gasteiger partial charge < -0.3 is 15.0 Å². The van der Waals surface area contributed by atoms with Gasteiger partial charge in [0.25, 0.3) is 5.56 Å². The first-order valence-corrected chi connectivity index (χ1v) is 9.33. The number of carbonyl (C=O) groups excluding carboxylic acids is 1. The van der Waals surface area contributed by atoms with E-state index in [1.54, 1.807) is 38.2 Å². The Balaban J connectivity index is 0.00000341. The summed E-state index contributed by atoms with van der Waals surface area (Å²) in [6.07, 6.45) is -2.97. The predicted molar refractivity (Wildman–Crippen MR) is 115 cm³/mol. The number of benzene rings is 2. The molecule has 0 unspecified atom stereocenters. The number of hydrogen-bond acceptors (Lipinski definition) is 3.